The van der Waals surface area contributed by atoms with Crippen LogP contribution in [-0.2, 0) is 0 Å². The normalized spacial score (nSPS) is 17.7. The Morgan fingerprint density at radius 1 is 0.964 bits per heavy atom. The van der Waals surface area contributed by atoms with Gasteiger partial charge in [0.05, 0.1) is 0 Å². The minimum absolute atomic E-state index is 0.136. The number of thiol groups is 1. The topological polar surface area (TPSA) is 46.1 Å². The summed E-state index contributed by atoms with van der Waals surface area (Å²) in [6.45, 7) is 2.57. The maximum Gasteiger partial charge on any atom is 0.231 e. The Kier molecular flexibility index (Phi) is 8.65. The summed E-state index contributed by atoms with van der Waals surface area (Å²) in [6, 6.07) is 6.00. The molecule has 1 unspecified atom stereocenters. The number of unbranched alkanes of at least 4 members (excludes halogenated alkanes) is 10. The summed E-state index contributed by atoms with van der Waals surface area (Å²) in [5.41, 5.74) is 3.98. The first kappa shape index (κ1) is 21.2. The predicted molar refractivity (Wildman–Crippen MR) is 119 cm³/mol. The van der Waals surface area contributed by atoms with E-state index >= 15 is 0 Å². The minimum Gasteiger partial charge on any atom is -0.454 e. The van der Waals surface area contributed by atoms with Gasteiger partial charge in [0.2, 0.25) is 6.79 Å². The molecule has 6 heteroatoms. The van der Waals surface area contributed by atoms with Crippen LogP contribution in [0.3, 0.4) is 0 Å². The molecule has 1 aromatic carbocycles. The molecule has 0 amide bonds. The van der Waals surface area contributed by atoms with E-state index in [1.54, 1.807) is 0 Å². The fourth-order valence-corrected chi connectivity index (χ4v) is 4.16. The van der Waals surface area contributed by atoms with Gasteiger partial charge >= 0.3 is 0 Å². The second kappa shape index (κ2) is 11.4. The van der Waals surface area contributed by atoms with E-state index < -0.39 is 0 Å². The SMILES string of the molecule is CCCCCCCCCCCCCC1=NNC(S)N1c1ccc2c(c1)OCO2. The van der Waals surface area contributed by atoms with E-state index in [9.17, 15) is 0 Å². The largest absolute Gasteiger partial charge is 0.454 e. The number of anilines is 1. The van der Waals surface area contributed by atoms with Gasteiger partial charge in [-0.3, -0.25) is 10.3 Å². The van der Waals surface area contributed by atoms with E-state index in [-0.39, 0.29) is 5.50 Å². The Hall–Kier alpha value is -1.56. The van der Waals surface area contributed by atoms with Gasteiger partial charge in [-0.1, -0.05) is 71.1 Å². The Bertz CT molecular complexity index is 638. The van der Waals surface area contributed by atoms with Crippen LogP contribution in [-0.4, -0.2) is 18.1 Å². The third-order valence-electron chi connectivity index (χ3n) is 5.47. The molecule has 156 valence electrons. The van der Waals surface area contributed by atoms with E-state index in [4.69, 9.17) is 9.47 Å². The number of nitrogens with one attached hydrogen (secondary N) is 1. The third kappa shape index (κ3) is 5.97. The van der Waals surface area contributed by atoms with Crippen LogP contribution in [0.4, 0.5) is 5.69 Å². The highest BCUT2D eigenvalue weighted by Crippen LogP contribution is 2.37. The fraction of sp³-hybridized carbons (Fsp3) is 0.682. The first-order valence-corrected chi connectivity index (χ1v) is 11.5. The Morgan fingerprint density at radius 2 is 1.61 bits per heavy atom. The van der Waals surface area contributed by atoms with E-state index in [0.717, 1.165) is 29.4 Å². The molecule has 0 fully saturated rings. The standard InChI is InChI=1S/C22H35N3O2S/c1-2-3-4-5-6-7-8-9-10-11-12-13-21-23-24-22(28)25(21)18-14-15-19-20(16-18)27-17-26-19/h14-16,22,24,28H,2-13,17H2,1H3. The molecule has 0 saturated heterocycles. The fourth-order valence-electron chi connectivity index (χ4n) is 3.83. The molecule has 0 aliphatic carbocycles. The molecule has 0 aromatic heterocycles. The van der Waals surface area contributed by atoms with Crippen molar-refractivity contribution in [3.8, 4) is 11.5 Å². The molecule has 2 heterocycles. The monoisotopic (exact) mass is 405 g/mol. The maximum absolute atomic E-state index is 5.51. The van der Waals surface area contributed by atoms with Crippen molar-refractivity contribution in [2.45, 2.75) is 89.5 Å². The smallest absolute Gasteiger partial charge is 0.231 e. The Labute approximate surface area is 175 Å². The van der Waals surface area contributed by atoms with E-state index in [1.807, 2.05) is 18.2 Å². The number of ether oxygens (including phenoxy) is 2. The van der Waals surface area contributed by atoms with Crippen LogP contribution in [0.5, 0.6) is 11.5 Å². The van der Waals surface area contributed by atoms with Crippen molar-refractivity contribution in [2.75, 3.05) is 11.7 Å². The van der Waals surface area contributed by atoms with Crippen LogP contribution in [0.2, 0.25) is 0 Å². The van der Waals surface area contributed by atoms with Crippen LogP contribution in [0.1, 0.15) is 84.0 Å². The highest BCUT2D eigenvalue weighted by Gasteiger charge is 2.27. The molecule has 5 nitrogen and oxygen atoms in total. The van der Waals surface area contributed by atoms with Crippen LogP contribution in [0.25, 0.3) is 0 Å². The molecular weight excluding hydrogens is 370 g/mol. The quantitative estimate of drug-likeness (QED) is 0.310. The molecule has 0 bridgehead atoms. The summed E-state index contributed by atoms with van der Waals surface area (Å²) in [5.74, 6) is 2.64. The maximum atomic E-state index is 5.51. The zero-order valence-electron chi connectivity index (χ0n) is 17.2. The van der Waals surface area contributed by atoms with Crippen LogP contribution >= 0.6 is 12.6 Å². The lowest BCUT2D eigenvalue weighted by molar-refractivity contribution is 0.174. The predicted octanol–water partition coefficient (Wildman–Crippen LogP) is 6.05. The number of hydrogen-bond donors (Lipinski definition) is 2. The molecule has 3 rings (SSSR count). The summed E-state index contributed by atoms with van der Waals surface area (Å²) >= 11 is 4.62. The first-order valence-electron chi connectivity index (χ1n) is 11.0. The van der Waals surface area contributed by atoms with Crippen molar-refractivity contribution in [3.05, 3.63) is 18.2 Å². The molecule has 2 aliphatic rings. The molecule has 2 aliphatic heterocycles. The van der Waals surface area contributed by atoms with Crippen LogP contribution in [0.15, 0.2) is 23.3 Å². The average molecular weight is 406 g/mol. The van der Waals surface area contributed by atoms with Gasteiger partial charge < -0.3 is 9.47 Å². The lowest BCUT2D eigenvalue weighted by Crippen LogP contribution is -2.36. The molecule has 0 spiro atoms. The average Bonchev–Trinajstić information content (AvgIpc) is 3.31. The molecule has 28 heavy (non-hydrogen) atoms. The Morgan fingerprint density at radius 3 is 2.32 bits per heavy atom. The molecule has 0 radical (unpaired) electrons. The molecule has 1 N–H and O–H groups in total. The van der Waals surface area contributed by atoms with E-state index in [2.05, 4.69) is 35.0 Å². The van der Waals surface area contributed by atoms with Crippen LogP contribution < -0.4 is 19.8 Å². The lowest BCUT2D eigenvalue weighted by atomic mass is 10.0. The van der Waals surface area contributed by atoms with Gasteiger partial charge in [-0.05, 0) is 18.6 Å². The number of nitrogens with zero attached hydrogens (tertiary/aromatic N) is 2. The van der Waals surface area contributed by atoms with Gasteiger partial charge in [-0.15, -0.1) is 12.6 Å². The summed E-state index contributed by atoms with van der Waals surface area (Å²) < 4.78 is 10.9. The highest BCUT2D eigenvalue weighted by atomic mass is 32.1. The van der Waals surface area contributed by atoms with E-state index in [1.165, 1.54) is 70.6 Å². The molecule has 0 saturated carbocycles. The number of rotatable bonds is 13. The van der Waals surface area contributed by atoms with Crippen molar-refractivity contribution in [3.63, 3.8) is 0 Å². The van der Waals surface area contributed by atoms with Gasteiger partial charge in [0.15, 0.2) is 17.0 Å². The zero-order chi connectivity index (χ0) is 19.6. The van der Waals surface area contributed by atoms with Gasteiger partial charge in [0.25, 0.3) is 0 Å². The minimum atomic E-state index is -0.136. The Balaban J connectivity index is 1.33. The third-order valence-corrected chi connectivity index (χ3v) is 5.82. The van der Waals surface area contributed by atoms with Crippen LogP contribution in [0, 0.1) is 0 Å². The second-order valence-corrected chi connectivity index (χ2v) is 8.21. The summed E-state index contributed by atoms with van der Waals surface area (Å²) in [4.78, 5) is 2.14. The zero-order valence-corrected chi connectivity index (χ0v) is 18.1. The second-order valence-electron chi connectivity index (χ2n) is 7.72. The van der Waals surface area contributed by atoms with Crippen molar-refractivity contribution in [2.24, 2.45) is 5.10 Å². The summed E-state index contributed by atoms with van der Waals surface area (Å²) in [7, 11) is 0. The van der Waals surface area contributed by atoms with Gasteiger partial charge in [0, 0.05) is 18.2 Å². The molecule has 1 atom stereocenters. The first-order chi connectivity index (χ1) is 13.8. The number of amidine groups is 1. The van der Waals surface area contributed by atoms with Gasteiger partial charge in [-0.25, -0.2) is 0 Å². The van der Waals surface area contributed by atoms with Crippen molar-refractivity contribution >= 4 is 24.2 Å². The number of hydrazone groups is 1. The summed E-state index contributed by atoms with van der Waals surface area (Å²) in [6.07, 6.45) is 15.8. The summed E-state index contributed by atoms with van der Waals surface area (Å²) in [5, 5.41) is 4.49. The molecule has 1 aromatic rings. The van der Waals surface area contributed by atoms with Crippen molar-refractivity contribution in [1.82, 2.24) is 5.43 Å². The molecular formula is C22H35N3O2S. The van der Waals surface area contributed by atoms with Crippen molar-refractivity contribution in [1.29, 1.82) is 0 Å². The number of fused-ring (bicyclic) bond motifs is 1. The van der Waals surface area contributed by atoms with Gasteiger partial charge in [0.1, 0.15) is 5.84 Å². The highest BCUT2D eigenvalue weighted by molar-refractivity contribution is 7.81. The van der Waals surface area contributed by atoms with E-state index in [0.29, 0.717) is 6.79 Å². The lowest BCUT2D eigenvalue weighted by Gasteiger charge is -2.24. The number of hydrogen-bond acceptors (Lipinski definition) is 6. The van der Waals surface area contributed by atoms with Crippen molar-refractivity contribution < 1.29 is 9.47 Å². The van der Waals surface area contributed by atoms with Gasteiger partial charge in [-0.2, -0.15) is 5.10 Å². The number of benzene rings is 1.